The molecule has 1 heterocycles. The summed E-state index contributed by atoms with van der Waals surface area (Å²) >= 11 is 0. The predicted molar refractivity (Wildman–Crippen MR) is 99.9 cm³/mol. The highest BCUT2D eigenvalue weighted by Crippen LogP contribution is 2.25. The Morgan fingerprint density at radius 1 is 1.28 bits per heavy atom. The Morgan fingerprint density at radius 2 is 1.96 bits per heavy atom. The first-order valence-corrected chi connectivity index (χ1v) is 9.98. The molecule has 0 N–H and O–H groups in total. The summed E-state index contributed by atoms with van der Waals surface area (Å²) in [7, 11) is -3.60. The summed E-state index contributed by atoms with van der Waals surface area (Å²) in [5, 5.41) is 0. The van der Waals surface area contributed by atoms with E-state index in [1.807, 2.05) is 6.92 Å². The highest BCUT2D eigenvalue weighted by atomic mass is 32.2. The first-order chi connectivity index (χ1) is 11.9. The summed E-state index contributed by atoms with van der Waals surface area (Å²) in [4.78, 5) is 14.4. The molecule has 2 rings (SSSR count). The summed E-state index contributed by atoms with van der Waals surface area (Å²) in [6.07, 6.45) is 6.05. The van der Waals surface area contributed by atoms with E-state index in [0.717, 1.165) is 19.3 Å². The van der Waals surface area contributed by atoms with E-state index in [1.165, 1.54) is 6.07 Å². The Hall–Kier alpha value is -1.92. The number of amides is 1. The van der Waals surface area contributed by atoms with E-state index >= 15 is 0 Å². The van der Waals surface area contributed by atoms with Gasteiger partial charge in [0, 0.05) is 31.2 Å². The Bertz CT molecular complexity index is 733. The van der Waals surface area contributed by atoms with Crippen molar-refractivity contribution >= 4 is 15.9 Å². The molecular weight excluding hydrogens is 336 g/mol. The third-order valence-electron chi connectivity index (χ3n) is 4.42. The molecule has 5 nitrogen and oxygen atoms in total. The van der Waals surface area contributed by atoms with Gasteiger partial charge in [0.15, 0.2) is 0 Å². The Labute approximate surface area is 150 Å². The minimum absolute atomic E-state index is 0.0175. The van der Waals surface area contributed by atoms with E-state index in [-0.39, 0.29) is 16.8 Å². The molecule has 1 aliphatic heterocycles. The van der Waals surface area contributed by atoms with Crippen LogP contribution in [-0.2, 0) is 10.0 Å². The van der Waals surface area contributed by atoms with Crippen molar-refractivity contribution in [2.75, 3.05) is 19.6 Å². The van der Waals surface area contributed by atoms with Crippen molar-refractivity contribution in [3.05, 3.63) is 55.1 Å². The van der Waals surface area contributed by atoms with Crippen LogP contribution in [0, 0.1) is 0 Å². The predicted octanol–water partition coefficient (Wildman–Crippen LogP) is 3.06. The summed E-state index contributed by atoms with van der Waals surface area (Å²) in [5.74, 6) is -0.233. The van der Waals surface area contributed by atoms with E-state index in [9.17, 15) is 13.2 Å². The third-order valence-corrected chi connectivity index (χ3v) is 6.43. The van der Waals surface area contributed by atoms with Crippen LogP contribution in [-0.4, -0.2) is 49.2 Å². The molecule has 1 fully saturated rings. The molecule has 0 saturated carbocycles. The quantitative estimate of drug-likeness (QED) is 0.701. The minimum atomic E-state index is -3.60. The van der Waals surface area contributed by atoms with Crippen LogP contribution in [0.1, 0.15) is 36.5 Å². The van der Waals surface area contributed by atoms with E-state index in [0.29, 0.717) is 25.2 Å². The second kappa shape index (κ2) is 8.45. The largest absolute Gasteiger partial charge is 0.331 e. The van der Waals surface area contributed by atoms with Crippen molar-refractivity contribution in [1.29, 1.82) is 0 Å². The van der Waals surface area contributed by atoms with Crippen LogP contribution in [0.3, 0.4) is 0 Å². The molecule has 1 aromatic carbocycles. The van der Waals surface area contributed by atoms with Crippen LogP contribution in [0.5, 0.6) is 0 Å². The molecule has 1 aliphatic rings. The molecule has 1 amide bonds. The van der Waals surface area contributed by atoms with Gasteiger partial charge in [0.2, 0.25) is 10.0 Å². The molecule has 0 aliphatic carbocycles. The van der Waals surface area contributed by atoms with Crippen molar-refractivity contribution in [1.82, 2.24) is 9.21 Å². The zero-order chi connectivity index (χ0) is 18.4. The van der Waals surface area contributed by atoms with Gasteiger partial charge in [0.25, 0.3) is 5.91 Å². The Kier molecular flexibility index (Phi) is 6.56. The molecule has 1 aromatic rings. The van der Waals surface area contributed by atoms with Gasteiger partial charge in [-0.25, -0.2) is 8.42 Å². The maximum atomic E-state index is 13.0. The average Bonchev–Trinajstić information content (AvgIpc) is 2.61. The second-order valence-electron chi connectivity index (χ2n) is 6.28. The molecule has 0 spiro atoms. The van der Waals surface area contributed by atoms with Gasteiger partial charge in [-0.05, 0) is 38.0 Å². The maximum absolute atomic E-state index is 13.0. The molecule has 0 aromatic heterocycles. The molecule has 0 radical (unpaired) electrons. The summed E-state index contributed by atoms with van der Waals surface area (Å²) in [5.41, 5.74) is 0.356. The van der Waals surface area contributed by atoms with Crippen LogP contribution in [0.15, 0.2) is 54.5 Å². The number of carbonyl (C=O) groups excluding carboxylic acids is 1. The molecule has 6 heteroatoms. The van der Waals surface area contributed by atoms with Gasteiger partial charge in [-0.1, -0.05) is 24.6 Å². The standard InChI is InChI=1S/C19H26N2O3S/c1-4-12-20(13-5-2)19(22)17-10-8-11-18(15-17)25(23,24)21-14-7-6-9-16(21)3/h4-5,8,10-11,15-16H,1-2,6-7,9,12-14H2,3H3. The van der Waals surface area contributed by atoms with Crippen molar-refractivity contribution in [2.45, 2.75) is 37.1 Å². The van der Waals surface area contributed by atoms with Gasteiger partial charge in [0.1, 0.15) is 0 Å². The number of hydrogen-bond acceptors (Lipinski definition) is 3. The number of nitrogens with zero attached hydrogens (tertiary/aromatic N) is 2. The van der Waals surface area contributed by atoms with Gasteiger partial charge >= 0.3 is 0 Å². The monoisotopic (exact) mass is 362 g/mol. The number of sulfonamides is 1. The Balaban J connectivity index is 2.32. The Morgan fingerprint density at radius 3 is 2.56 bits per heavy atom. The third kappa shape index (κ3) is 4.38. The number of piperidine rings is 1. The fourth-order valence-corrected chi connectivity index (χ4v) is 4.83. The summed E-state index contributed by atoms with van der Waals surface area (Å²) in [6, 6.07) is 6.27. The summed E-state index contributed by atoms with van der Waals surface area (Å²) in [6.45, 7) is 10.5. The highest BCUT2D eigenvalue weighted by Gasteiger charge is 2.31. The summed E-state index contributed by atoms with van der Waals surface area (Å²) < 4.78 is 27.5. The molecule has 1 unspecified atom stereocenters. The molecular formula is C19H26N2O3S. The first kappa shape index (κ1) is 19.4. The zero-order valence-corrected chi connectivity index (χ0v) is 15.5. The van der Waals surface area contributed by atoms with Gasteiger partial charge in [0.05, 0.1) is 4.90 Å². The first-order valence-electron chi connectivity index (χ1n) is 8.54. The zero-order valence-electron chi connectivity index (χ0n) is 14.7. The highest BCUT2D eigenvalue weighted by molar-refractivity contribution is 7.89. The van der Waals surface area contributed by atoms with Crippen LogP contribution in [0.4, 0.5) is 0 Å². The number of rotatable bonds is 7. The molecule has 1 saturated heterocycles. The lowest BCUT2D eigenvalue weighted by molar-refractivity contribution is 0.0790. The van der Waals surface area contributed by atoms with Gasteiger partial charge in [-0.15, -0.1) is 13.2 Å². The van der Waals surface area contributed by atoms with Crippen molar-refractivity contribution in [2.24, 2.45) is 0 Å². The molecule has 1 atom stereocenters. The van der Waals surface area contributed by atoms with Crippen LogP contribution in [0.2, 0.25) is 0 Å². The normalized spacial score (nSPS) is 18.5. The number of hydrogen-bond donors (Lipinski definition) is 0. The smallest absolute Gasteiger partial charge is 0.254 e. The van der Waals surface area contributed by atoms with E-state index < -0.39 is 10.0 Å². The second-order valence-corrected chi connectivity index (χ2v) is 8.17. The SMILES string of the molecule is C=CCN(CC=C)C(=O)c1cccc(S(=O)(=O)N2CCCCC2C)c1. The van der Waals surface area contributed by atoms with Gasteiger partial charge in [-0.3, -0.25) is 4.79 Å². The van der Waals surface area contributed by atoms with Crippen LogP contribution >= 0.6 is 0 Å². The minimum Gasteiger partial charge on any atom is -0.331 e. The lowest BCUT2D eigenvalue weighted by atomic mass is 10.1. The number of benzene rings is 1. The maximum Gasteiger partial charge on any atom is 0.254 e. The van der Waals surface area contributed by atoms with Crippen LogP contribution in [0.25, 0.3) is 0 Å². The average molecular weight is 362 g/mol. The fraction of sp³-hybridized carbons (Fsp3) is 0.421. The lowest BCUT2D eigenvalue weighted by Gasteiger charge is -2.32. The molecule has 136 valence electrons. The molecule has 0 bridgehead atoms. The number of carbonyl (C=O) groups is 1. The van der Waals surface area contributed by atoms with Crippen molar-refractivity contribution < 1.29 is 13.2 Å². The van der Waals surface area contributed by atoms with Crippen molar-refractivity contribution in [3.8, 4) is 0 Å². The van der Waals surface area contributed by atoms with E-state index in [2.05, 4.69) is 13.2 Å². The fourth-order valence-electron chi connectivity index (χ4n) is 3.09. The molecule has 25 heavy (non-hydrogen) atoms. The van der Waals surface area contributed by atoms with Crippen LogP contribution < -0.4 is 0 Å². The van der Waals surface area contributed by atoms with Crippen molar-refractivity contribution in [3.63, 3.8) is 0 Å². The van der Waals surface area contributed by atoms with E-state index in [4.69, 9.17) is 0 Å². The van der Waals surface area contributed by atoms with Gasteiger partial charge in [-0.2, -0.15) is 4.31 Å². The topological polar surface area (TPSA) is 57.7 Å². The lowest BCUT2D eigenvalue weighted by Crippen LogP contribution is -2.42. The van der Waals surface area contributed by atoms with E-state index in [1.54, 1.807) is 39.6 Å². The van der Waals surface area contributed by atoms with Gasteiger partial charge < -0.3 is 4.90 Å².